The van der Waals surface area contributed by atoms with Gasteiger partial charge >= 0.3 is 0 Å². The highest BCUT2D eigenvalue weighted by atomic mass is 32.1. The minimum atomic E-state index is 0.197. The molecule has 1 aliphatic heterocycles. The van der Waals surface area contributed by atoms with E-state index in [1.165, 1.54) is 0 Å². The predicted molar refractivity (Wildman–Crippen MR) is 84.9 cm³/mol. The zero-order valence-corrected chi connectivity index (χ0v) is 13.5. The van der Waals surface area contributed by atoms with E-state index >= 15 is 0 Å². The van der Waals surface area contributed by atoms with Gasteiger partial charge in [-0.25, -0.2) is 0 Å². The zero-order chi connectivity index (χ0) is 15.5. The van der Waals surface area contributed by atoms with Crippen molar-refractivity contribution in [3.8, 4) is 22.9 Å². The number of nitrogens with one attached hydrogen (secondary N) is 1. The Balaban J connectivity index is 1.96. The molecule has 118 valence electrons. The maximum atomic E-state index is 5.70. The number of H-pyrrole nitrogens is 1. The Labute approximate surface area is 134 Å². The summed E-state index contributed by atoms with van der Waals surface area (Å²) in [6.07, 6.45) is 2.35. The summed E-state index contributed by atoms with van der Waals surface area (Å²) >= 11 is 5.35. The van der Waals surface area contributed by atoms with Crippen molar-refractivity contribution in [2.45, 2.75) is 25.5 Å². The summed E-state index contributed by atoms with van der Waals surface area (Å²) in [5, 5.41) is 7.22. The molecule has 1 N–H and O–H groups in total. The maximum absolute atomic E-state index is 5.70. The summed E-state index contributed by atoms with van der Waals surface area (Å²) in [5.74, 6) is 2.13. The molecule has 1 saturated heterocycles. The van der Waals surface area contributed by atoms with E-state index in [-0.39, 0.29) is 6.10 Å². The molecule has 1 aromatic carbocycles. The zero-order valence-electron chi connectivity index (χ0n) is 12.7. The fraction of sp³-hybridized carbons (Fsp3) is 0.467. The van der Waals surface area contributed by atoms with E-state index in [1.54, 1.807) is 14.2 Å². The van der Waals surface area contributed by atoms with E-state index in [1.807, 2.05) is 22.8 Å². The van der Waals surface area contributed by atoms with Crippen LogP contribution in [0.25, 0.3) is 11.4 Å². The fourth-order valence-electron chi connectivity index (χ4n) is 2.67. The Hall–Kier alpha value is -1.86. The smallest absolute Gasteiger partial charge is 0.195 e. The number of methoxy groups -OCH3 is 2. The first-order valence-electron chi connectivity index (χ1n) is 7.22. The van der Waals surface area contributed by atoms with Crippen molar-refractivity contribution in [1.29, 1.82) is 0 Å². The first-order valence-corrected chi connectivity index (χ1v) is 7.63. The minimum absolute atomic E-state index is 0.197. The Bertz CT molecular complexity index is 704. The Morgan fingerprint density at radius 3 is 2.86 bits per heavy atom. The normalized spacial score (nSPS) is 17.6. The molecule has 1 aliphatic rings. The van der Waals surface area contributed by atoms with Gasteiger partial charge in [0.05, 0.1) is 26.9 Å². The highest BCUT2D eigenvalue weighted by molar-refractivity contribution is 7.71. The molecule has 0 bridgehead atoms. The van der Waals surface area contributed by atoms with E-state index in [9.17, 15) is 0 Å². The summed E-state index contributed by atoms with van der Waals surface area (Å²) in [6.45, 7) is 1.53. The van der Waals surface area contributed by atoms with E-state index in [2.05, 4.69) is 10.2 Å². The lowest BCUT2D eigenvalue weighted by Gasteiger charge is -2.13. The lowest BCUT2D eigenvalue weighted by Crippen LogP contribution is -2.16. The van der Waals surface area contributed by atoms with E-state index in [4.69, 9.17) is 26.4 Å². The maximum Gasteiger partial charge on any atom is 0.195 e. The quantitative estimate of drug-likeness (QED) is 0.858. The lowest BCUT2D eigenvalue weighted by molar-refractivity contribution is 0.0970. The molecule has 0 spiro atoms. The standard InChI is InChI=1S/C15H19N3O3S/c1-19-12-6-5-10(8-13(12)20-2)14-16-17-15(22)18(14)9-11-4-3-7-21-11/h5-6,8,11H,3-4,7,9H2,1-2H3,(H,17,22). The van der Waals surface area contributed by atoms with Crippen LogP contribution in [0.15, 0.2) is 18.2 Å². The van der Waals surface area contributed by atoms with Crippen LogP contribution < -0.4 is 9.47 Å². The van der Waals surface area contributed by atoms with Crippen molar-refractivity contribution in [3.63, 3.8) is 0 Å². The molecule has 3 rings (SSSR count). The highest BCUT2D eigenvalue weighted by Gasteiger charge is 2.19. The number of nitrogens with zero attached hydrogens (tertiary/aromatic N) is 2. The van der Waals surface area contributed by atoms with Gasteiger partial charge in [-0.15, -0.1) is 0 Å². The molecule has 2 aromatic rings. The van der Waals surface area contributed by atoms with Crippen LogP contribution in [-0.4, -0.2) is 41.7 Å². The minimum Gasteiger partial charge on any atom is -0.493 e. The molecule has 0 radical (unpaired) electrons. The number of aromatic nitrogens is 3. The average Bonchev–Trinajstić information content (AvgIpc) is 3.18. The van der Waals surface area contributed by atoms with Crippen LogP contribution in [0.2, 0.25) is 0 Å². The van der Waals surface area contributed by atoms with Crippen molar-refractivity contribution in [1.82, 2.24) is 14.8 Å². The predicted octanol–water partition coefficient (Wildman–Crippen LogP) is 2.80. The molecule has 1 fully saturated rings. The van der Waals surface area contributed by atoms with E-state index in [0.717, 1.165) is 30.8 Å². The molecule has 1 aromatic heterocycles. The third-order valence-electron chi connectivity index (χ3n) is 3.81. The molecule has 0 aliphatic carbocycles. The first kappa shape index (κ1) is 15.1. The molecule has 0 amide bonds. The number of aromatic amines is 1. The van der Waals surface area contributed by atoms with Crippen molar-refractivity contribution in [3.05, 3.63) is 23.0 Å². The molecule has 1 atom stereocenters. The molecular weight excluding hydrogens is 302 g/mol. The molecule has 1 unspecified atom stereocenters. The van der Waals surface area contributed by atoms with Crippen LogP contribution in [0, 0.1) is 4.77 Å². The number of benzene rings is 1. The molecule has 7 heteroatoms. The number of hydrogen-bond acceptors (Lipinski definition) is 5. The number of rotatable bonds is 5. The van der Waals surface area contributed by atoms with Gasteiger partial charge in [-0.2, -0.15) is 5.10 Å². The van der Waals surface area contributed by atoms with Gasteiger partial charge in [0.15, 0.2) is 22.1 Å². The second-order valence-electron chi connectivity index (χ2n) is 5.17. The summed E-state index contributed by atoms with van der Waals surface area (Å²) in [6, 6.07) is 5.70. The van der Waals surface area contributed by atoms with Gasteiger partial charge in [-0.05, 0) is 43.3 Å². The van der Waals surface area contributed by atoms with E-state index in [0.29, 0.717) is 22.8 Å². The first-order chi connectivity index (χ1) is 10.7. The largest absolute Gasteiger partial charge is 0.493 e. The van der Waals surface area contributed by atoms with Crippen LogP contribution in [-0.2, 0) is 11.3 Å². The van der Waals surface area contributed by atoms with Gasteiger partial charge in [-0.1, -0.05) is 0 Å². The van der Waals surface area contributed by atoms with Crippen LogP contribution in [0.3, 0.4) is 0 Å². The Morgan fingerprint density at radius 1 is 1.36 bits per heavy atom. The lowest BCUT2D eigenvalue weighted by atomic mass is 10.1. The van der Waals surface area contributed by atoms with Crippen molar-refractivity contribution >= 4 is 12.2 Å². The average molecular weight is 321 g/mol. The molecule has 6 nitrogen and oxygen atoms in total. The summed E-state index contributed by atoms with van der Waals surface area (Å²) in [7, 11) is 3.23. The molecule has 0 saturated carbocycles. The second kappa shape index (κ2) is 6.50. The van der Waals surface area contributed by atoms with Crippen LogP contribution in [0.5, 0.6) is 11.5 Å². The van der Waals surface area contributed by atoms with Gasteiger partial charge in [0.1, 0.15) is 0 Å². The van der Waals surface area contributed by atoms with Gasteiger partial charge in [0.2, 0.25) is 0 Å². The number of hydrogen-bond donors (Lipinski definition) is 1. The van der Waals surface area contributed by atoms with E-state index < -0.39 is 0 Å². The third kappa shape index (κ3) is 2.86. The van der Waals surface area contributed by atoms with Gasteiger partial charge < -0.3 is 14.2 Å². The van der Waals surface area contributed by atoms with Gasteiger partial charge in [-0.3, -0.25) is 9.67 Å². The van der Waals surface area contributed by atoms with Crippen molar-refractivity contribution in [2.75, 3.05) is 20.8 Å². The van der Waals surface area contributed by atoms with Crippen molar-refractivity contribution in [2.24, 2.45) is 0 Å². The summed E-state index contributed by atoms with van der Waals surface area (Å²) in [5.41, 5.74) is 0.919. The van der Waals surface area contributed by atoms with Crippen molar-refractivity contribution < 1.29 is 14.2 Å². The SMILES string of the molecule is COc1ccc(-c2n[nH]c(=S)n2CC2CCCO2)cc1OC. The van der Waals surface area contributed by atoms with Crippen LogP contribution >= 0.6 is 12.2 Å². The molecule has 22 heavy (non-hydrogen) atoms. The second-order valence-corrected chi connectivity index (χ2v) is 5.55. The summed E-state index contributed by atoms with van der Waals surface area (Å²) < 4.78 is 18.9. The Kier molecular flexibility index (Phi) is 4.44. The summed E-state index contributed by atoms with van der Waals surface area (Å²) in [4.78, 5) is 0. The van der Waals surface area contributed by atoms with Crippen LogP contribution in [0.1, 0.15) is 12.8 Å². The number of ether oxygens (including phenoxy) is 3. The fourth-order valence-corrected chi connectivity index (χ4v) is 2.88. The topological polar surface area (TPSA) is 61.3 Å². The molecular formula is C15H19N3O3S. The van der Waals surface area contributed by atoms with Gasteiger partial charge in [0, 0.05) is 12.2 Å². The highest BCUT2D eigenvalue weighted by Crippen LogP contribution is 2.32. The monoisotopic (exact) mass is 321 g/mol. The third-order valence-corrected chi connectivity index (χ3v) is 4.12. The Morgan fingerprint density at radius 2 is 2.18 bits per heavy atom. The van der Waals surface area contributed by atoms with Gasteiger partial charge in [0.25, 0.3) is 0 Å². The molecule has 2 heterocycles. The van der Waals surface area contributed by atoms with Crippen LogP contribution in [0.4, 0.5) is 0 Å².